The van der Waals surface area contributed by atoms with Gasteiger partial charge in [0.15, 0.2) is 5.78 Å². The molecule has 0 aromatic heterocycles. The summed E-state index contributed by atoms with van der Waals surface area (Å²) in [6, 6.07) is 0. The Morgan fingerprint density at radius 1 is 1.60 bits per heavy atom. The first-order valence-corrected chi connectivity index (χ1v) is 3.66. The van der Waals surface area contributed by atoms with Crippen molar-refractivity contribution < 1.29 is 9.53 Å². The number of carbonyl (C=O) groups excluding carboxylic acids is 1. The van der Waals surface area contributed by atoms with Gasteiger partial charge in [0.05, 0.1) is 6.61 Å². The number of rotatable bonds is 0. The molecule has 2 nitrogen and oxygen atoms in total. The molecule has 1 saturated heterocycles. The van der Waals surface area contributed by atoms with Gasteiger partial charge in [-0.15, -0.1) is 0 Å². The van der Waals surface area contributed by atoms with Crippen molar-refractivity contribution in [1.29, 1.82) is 0 Å². The van der Waals surface area contributed by atoms with Crippen molar-refractivity contribution in [2.45, 2.75) is 33.3 Å². The largest absolute Gasteiger partial charge is 0.370 e. The van der Waals surface area contributed by atoms with E-state index in [9.17, 15) is 4.79 Å². The number of ether oxygens (including phenoxy) is 1. The average Bonchev–Trinajstić information content (AvgIpc) is 1.79. The molecule has 0 N–H and O–H groups in total. The predicted molar refractivity (Wildman–Crippen MR) is 38.8 cm³/mol. The van der Waals surface area contributed by atoms with Crippen molar-refractivity contribution in [2.24, 2.45) is 5.41 Å². The molecule has 1 unspecified atom stereocenters. The van der Waals surface area contributed by atoms with Gasteiger partial charge >= 0.3 is 0 Å². The smallest absolute Gasteiger partial charge is 0.161 e. The standard InChI is InChI=1S/C8H14O2/c1-6-7(9)4-8(2,3)5-10-6/h6H,4-5H2,1-3H3. The molecule has 0 saturated carbocycles. The minimum atomic E-state index is -0.173. The van der Waals surface area contributed by atoms with Gasteiger partial charge in [-0.05, 0) is 12.3 Å². The third kappa shape index (κ3) is 1.57. The fourth-order valence-electron chi connectivity index (χ4n) is 1.11. The van der Waals surface area contributed by atoms with Crippen LogP contribution in [0.3, 0.4) is 0 Å². The summed E-state index contributed by atoms with van der Waals surface area (Å²) in [4.78, 5) is 11.1. The highest BCUT2D eigenvalue weighted by atomic mass is 16.5. The van der Waals surface area contributed by atoms with Gasteiger partial charge in [-0.2, -0.15) is 0 Å². The maximum absolute atomic E-state index is 11.1. The van der Waals surface area contributed by atoms with Crippen LogP contribution in [0.15, 0.2) is 0 Å². The van der Waals surface area contributed by atoms with Crippen molar-refractivity contribution in [3.63, 3.8) is 0 Å². The fourth-order valence-corrected chi connectivity index (χ4v) is 1.11. The molecule has 0 bridgehead atoms. The summed E-state index contributed by atoms with van der Waals surface area (Å²) in [5.41, 5.74) is 0.0591. The predicted octanol–water partition coefficient (Wildman–Crippen LogP) is 1.39. The molecule has 1 heterocycles. The van der Waals surface area contributed by atoms with Gasteiger partial charge in [-0.25, -0.2) is 0 Å². The monoisotopic (exact) mass is 142 g/mol. The van der Waals surface area contributed by atoms with Crippen LogP contribution < -0.4 is 0 Å². The zero-order valence-electron chi connectivity index (χ0n) is 6.81. The molecule has 1 fully saturated rings. The Hall–Kier alpha value is -0.370. The molecule has 2 heteroatoms. The minimum Gasteiger partial charge on any atom is -0.370 e. The summed E-state index contributed by atoms with van der Waals surface area (Å²) in [6.45, 7) is 6.63. The first-order chi connectivity index (χ1) is 4.51. The second-order valence-electron chi connectivity index (χ2n) is 3.76. The van der Waals surface area contributed by atoms with Crippen molar-refractivity contribution >= 4 is 5.78 Å². The summed E-state index contributed by atoms with van der Waals surface area (Å²) in [7, 11) is 0. The van der Waals surface area contributed by atoms with Crippen LogP contribution in [-0.4, -0.2) is 18.5 Å². The third-order valence-electron chi connectivity index (χ3n) is 1.83. The lowest BCUT2D eigenvalue weighted by molar-refractivity contribution is -0.142. The lowest BCUT2D eigenvalue weighted by Gasteiger charge is -2.31. The highest BCUT2D eigenvalue weighted by Gasteiger charge is 2.31. The maximum Gasteiger partial charge on any atom is 0.161 e. The fraction of sp³-hybridized carbons (Fsp3) is 0.875. The van der Waals surface area contributed by atoms with Crippen LogP contribution in [0, 0.1) is 5.41 Å². The Balaban J connectivity index is 2.57. The van der Waals surface area contributed by atoms with E-state index < -0.39 is 0 Å². The van der Waals surface area contributed by atoms with E-state index in [1.54, 1.807) is 0 Å². The third-order valence-corrected chi connectivity index (χ3v) is 1.83. The van der Waals surface area contributed by atoms with Crippen molar-refractivity contribution in [1.82, 2.24) is 0 Å². The van der Waals surface area contributed by atoms with Crippen LogP contribution in [0.4, 0.5) is 0 Å². The number of Topliss-reactive ketones (excluding diaryl/α,β-unsaturated/α-hetero) is 1. The van der Waals surface area contributed by atoms with E-state index in [4.69, 9.17) is 4.74 Å². The molecule has 0 aliphatic carbocycles. The van der Waals surface area contributed by atoms with Crippen LogP contribution in [-0.2, 0) is 9.53 Å². The van der Waals surface area contributed by atoms with E-state index in [0.29, 0.717) is 13.0 Å². The second-order valence-corrected chi connectivity index (χ2v) is 3.76. The number of carbonyl (C=O) groups is 1. The summed E-state index contributed by atoms with van der Waals surface area (Å²) in [5, 5.41) is 0. The van der Waals surface area contributed by atoms with Gasteiger partial charge in [-0.1, -0.05) is 13.8 Å². The topological polar surface area (TPSA) is 26.3 Å². The summed E-state index contributed by atoms with van der Waals surface area (Å²) < 4.78 is 5.26. The molecule has 1 aliphatic rings. The van der Waals surface area contributed by atoms with Gasteiger partial charge in [0.2, 0.25) is 0 Å². The molecular formula is C8H14O2. The highest BCUT2D eigenvalue weighted by molar-refractivity contribution is 5.83. The lowest BCUT2D eigenvalue weighted by atomic mass is 9.85. The lowest BCUT2D eigenvalue weighted by Crippen LogP contribution is -2.37. The van der Waals surface area contributed by atoms with E-state index in [2.05, 4.69) is 13.8 Å². The van der Waals surface area contributed by atoms with Gasteiger partial charge in [0, 0.05) is 6.42 Å². The maximum atomic E-state index is 11.1. The molecule has 0 amide bonds. The molecule has 0 aromatic carbocycles. The van der Waals surface area contributed by atoms with Crippen molar-refractivity contribution in [3.05, 3.63) is 0 Å². The second kappa shape index (κ2) is 2.35. The summed E-state index contributed by atoms with van der Waals surface area (Å²) in [5.74, 6) is 0.233. The Morgan fingerprint density at radius 3 is 2.60 bits per heavy atom. The molecule has 0 spiro atoms. The van der Waals surface area contributed by atoms with E-state index in [1.807, 2.05) is 6.92 Å². The number of hydrogen-bond acceptors (Lipinski definition) is 2. The normalized spacial score (nSPS) is 32.3. The zero-order chi connectivity index (χ0) is 7.78. The van der Waals surface area contributed by atoms with E-state index in [-0.39, 0.29) is 17.3 Å². The van der Waals surface area contributed by atoms with E-state index in [0.717, 1.165) is 0 Å². The Morgan fingerprint density at radius 2 is 2.20 bits per heavy atom. The van der Waals surface area contributed by atoms with Gasteiger partial charge < -0.3 is 4.74 Å². The van der Waals surface area contributed by atoms with Gasteiger partial charge in [0.1, 0.15) is 6.10 Å². The minimum absolute atomic E-state index is 0.0591. The van der Waals surface area contributed by atoms with Crippen LogP contribution in [0.2, 0.25) is 0 Å². The SMILES string of the molecule is CC1OCC(C)(C)CC1=O. The zero-order valence-corrected chi connectivity index (χ0v) is 6.81. The highest BCUT2D eigenvalue weighted by Crippen LogP contribution is 2.27. The van der Waals surface area contributed by atoms with Gasteiger partial charge in [0.25, 0.3) is 0 Å². The molecule has 10 heavy (non-hydrogen) atoms. The van der Waals surface area contributed by atoms with Crippen molar-refractivity contribution in [2.75, 3.05) is 6.61 Å². The van der Waals surface area contributed by atoms with Crippen LogP contribution in [0.25, 0.3) is 0 Å². The Kier molecular flexibility index (Phi) is 1.82. The number of ketones is 1. The summed E-state index contributed by atoms with van der Waals surface area (Å²) in [6.07, 6.45) is 0.488. The average molecular weight is 142 g/mol. The molecular weight excluding hydrogens is 128 g/mol. The quantitative estimate of drug-likeness (QED) is 0.511. The first-order valence-electron chi connectivity index (χ1n) is 3.66. The number of hydrogen-bond donors (Lipinski definition) is 0. The van der Waals surface area contributed by atoms with Gasteiger partial charge in [-0.3, -0.25) is 4.79 Å². The molecule has 0 radical (unpaired) electrons. The summed E-state index contributed by atoms with van der Waals surface area (Å²) >= 11 is 0. The molecule has 0 aromatic rings. The van der Waals surface area contributed by atoms with E-state index >= 15 is 0 Å². The Bertz CT molecular complexity index is 149. The molecule has 1 aliphatic heterocycles. The van der Waals surface area contributed by atoms with Crippen LogP contribution in [0.5, 0.6) is 0 Å². The van der Waals surface area contributed by atoms with Crippen LogP contribution in [0.1, 0.15) is 27.2 Å². The molecule has 1 rings (SSSR count). The molecule has 1 atom stereocenters. The van der Waals surface area contributed by atoms with Crippen molar-refractivity contribution in [3.8, 4) is 0 Å². The van der Waals surface area contributed by atoms with E-state index in [1.165, 1.54) is 0 Å². The molecule has 58 valence electrons. The van der Waals surface area contributed by atoms with Crippen LogP contribution >= 0.6 is 0 Å². The Labute approximate surface area is 61.6 Å². The first kappa shape index (κ1) is 7.73.